The average Bonchev–Trinajstić information content (AvgIpc) is 2.79. The molecule has 31 heavy (non-hydrogen) atoms. The molecule has 1 atom stereocenters. The molecule has 0 saturated carbocycles. The number of cyclic esters (lactones) is 1. The molecule has 1 fully saturated rings. The van der Waals surface area contributed by atoms with Crippen molar-refractivity contribution in [2.45, 2.75) is 63.9 Å². The fourth-order valence-corrected chi connectivity index (χ4v) is 7.59. The minimum atomic E-state index is -3.58. The van der Waals surface area contributed by atoms with Gasteiger partial charge in [0.15, 0.2) is 0 Å². The highest BCUT2D eigenvalue weighted by Gasteiger charge is 2.54. The number of amides is 1. The number of piperidine rings is 1. The second-order valence-electron chi connectivity index (χ2n) is 9.31. The largest absolute Gasteiger partial charge is 0.444 e. The van der Waals surface area contributed by atoms with Gasteiger partial charge in [-0.3, -0.25) is 4.90 Å². The van der Waals surface area contributed by atoms with Crippen LogP contribution in [0.25, 0.3) is 0 Å². The van der Waals surface area contributed by atoms with E-state index in [1.54, 1.807) is 9.21 Å². The van der Waals surface area contributed by atoms with Crippen LogP contribution >= 0.6 is 0 Å². The van der Waals surface area contributed by atoms with E-state index in [9.17, 15) is 13.2 Å². The van der Waals surface area contributed by atoms with Crippen LogP contribution in [-0.2, 0) is 21.4 Å². The fraction of sp³-hybridized carbons (Fsp3) is 0.542. The zero-order chi connectivity index (χ0) is 22.3. The number of para-hydroxylation sites is 1. The molecule has 0 spiro atoms. The van der Waals surface area contributed by atoms with E-state index in [-0.39, 0.29) is 18.7 Å². The van der Waals surface area contributed by atoms with Crippen LogP contribution in [0.3, 0.4) is 0 Å². The summed E-state index contributed by atoms with van der Waals surface area (Å²) in [4.78, 5) is 14.3. The first-order valence-electron chi connectivity index (χ1n) is 11.1. The van der Waals surface area contributed by atoms with Crippen LogP contribution < -0.4 is 4.90 Å². The highest BCUT2D eigenvalue weighted by atomic mass is 32.2. The highest BCUT2D eigenvalue weighted by molar-refractivity contribution is 7.90. The van der Waals surface area contributed by atoms with Gasteiger partial charge in [0.25, 0.3) is 0 Å². The van der Waals surface area contributed by atoms with Crippen LogP contribution in [0.1, 0.15) is 52.0 Å². The summed E-state index contributed by atoms with van der Waals surface area (Å²) in [6, 6.07) is 7.69. The third kappa shape index (κ3) is 3.52. The van der Waals surface area contributed by atoms with E-state index in [1.807, 2.05) is 62.4 Å². The van der Waals surface area contributed by atoms with Crippen LogP contribution in [0.5, 0.6) is 0 Å². The van der Waals surface area contributed by atoms with E-state index < -0.39 is 20.2 Å². The molecule has 1 unspecified atom stereocenters. The third-order valence-electron chi connectivity index (χ3n) is 7.45. The number of hydrogen-bond acceptors (Lipinski definition) is 4. The van der Waals surface area contributed by atoms with Crippen LogP contribution in [-0.4, -0.2) is 42.7 Å². The molecule has 2 heterocycles. The van der Waals surface area contributed by atoms with Crippen LogP contribution in [0.2, 0.25) is 0 Å². The molecule has 0 bridgehead atoms. The van der Waals surface area contributed by atoms with Gasteiger partial charge in [0.1, 0.15) is 11.4 Å². The maximum atomic E-state index is 13.9. The molecule has 1 aliphatic carbocycles. The van der Waals surface area contributed by atoms with Gasteiger partial charge in [-0.2, -0.15) is 0 Å². The fourth-order valence-electron chi connectivity index (χ4n) is 5.03. The molecule has 1 amide bonds. The highest BCUT2D eigenvalue weighted by Crippen LogP contribution is 2.47. The lowest BCUT2D eigenvalue weighted by molar-refractivity contribution is 0.135. The van der Waals surface area contributed by atoms with Crippen molar-refractivity contribution in [3.63, 3.8) is 0 Å². The first kappa shape index (κ1) is 22.1. The van der Waals surface area contributed by atoms with E-state index in [1.165, 1.54) is 0 Å². The first-order valence-corrected chi connectivity index (χ1v) is 12.6. The summed E-state index contributed by atoms with van der Waals surface area (Å²) in [5.74, 6) is 0. The summed E-state index contributed by atoms with van der Waals surface area (Å²) >= 11 is 0. The van der Waals surface area contributed by atoms with Gasteiger partial charge in [0.2, 0.25) is 10.0 Å². The first-order chi connectivity index (χ1) is 14.7. The molecule has 1 aromatic carbocycles. The minimum Gasteiger partial charge on any atom is -0.444 e. The molecule has 6 nitrogen and oxygen atoms in total. The maximum absolute atomic E-state index is 13.9. The summed E-state index contributed by atoms with van der Waals surface area (Å²) in [5.41, 5.74) is 1.46. The van der Waals surface area contributed by atoms with Crippen molar-refractivity contribution in [1.82, 2.24) is 4.31 Å². The number of sulfonamides is 1. The molecule has 2 aliphatic heterocycles. The predicted molar refractivity (Wildman–Crippen MR) is 122 cm³/mol. The molecule has 1 aromatic rings. The van der Waals surface area contributed by atoms with Gasteiger partial charge in [-0.05, 0) is 37.2 Å². The Morgan fingerprint density at radius 1 is 1.16 bits per heavy atom. The number of hydrogen-bond donors (Lipinski definition) is 0. The second-order valence-corrected chi connectivity index (χ2v) is 11.5. The normalized spacial score (nSPS) is 25.4. The van der Waals surface area contributed by atoms with E-state index in [0.29, 0.717) is 32.4 Å². The Balaban J connectivity index is 1.57. The Labute approximate surface area is 185 Å². The van der Waals surface area contributed by atoms with Crippen molar-refractivity contribution in [3.05, 3.63) is 54.1 Å². The number of allylic oxidation sites excluding steroid dienone is 3. The molecular formula is C24H32N2O4S. The van der Waals surface area contributed by atoms with Crippen molar-refractivity contribution in [2.24, 2.45) is 5.41 Å². The van der Waals surface area contributed by atoms with Gasteiger partial charge in [0.05, 0.1) is 5.69 Å². The summed E-state index contributed by atoms with van der Waals surface area (Å²) in [7, 11) is -3.58. The van der Waals surface area contributed by atoms with Crippen LogP contribution in [0.4, 0.5) is 10.5 Å². The SMILES string of the molecule is CCC(C)(C)C1(S(=O)(=O)N2CCC(N3C(=O)OCc4ccccc43)CC2)C=CC=CC1. The number of ether oxygens (including phenoxy) is 1. The maximum Gasteiger partial charge on any atom is 0.414 e. The number of carbonyl (C=O) groups is 1. The number of anilines is 1. The molecule has 3 aliphatic rings. The van der Waals surface area contributed by atoms with Gasteiger partial charge in [-0.1, -0.05) is 63.3 Å². The Morgan fingerprint density at radius 2 is 1.87 bits per heavy atom. The van der Waals surface area contributed by atoms with E-state index in [2.05, 4.69) is 6.92 Å². The predicted octanol–water partition coefficient (Wildman–Crippen LogP) is 4.63. The molecule has 0 N–H and O–H groups in total. The van der Waals surface area contributed by atoms with E-state index >= 15 is 0 Å². The van der Waals surface area contributed by atoms with Crippen LogP contribution in [0.15, 0.2) is 48.6 Å². The second kappa shape index (κ2) is 8.10. The molecule has 7 heteroatoms. The standard InChI is InChI=1S/C24H32N2O4S/c1-4-23(2,3)24(14-8-5-9-15-24)31(28,29)25-16-12-20(13-17-25)26-21-11-7-6-10-19(21)18-30-22(26)27/h5-11,14,20H,4,12-13,15-18H2,1-3H3. The Bertz CT molecular complexity index is 1010. The van der Waals surface area contributed by atoms with Crippen molar-refractivity contribution < 1.29 is 17.9 Å². The molecule has 4 rings (SSSR count). The van der Waals surface area contributed by atoms with Crippen LogP contribution in [0, 0.1) is 5.41 Å². The lowest BCUT2D eigenvalue weighted by Crippen LogP contribution is -2.58. The third-order valence-corrected chi connectivity index (χ3v) is 10.3. The number of fused-ring (bicyclic) bond motifs is 1. The van der Waals surface area contributed by atoms with Gasteiger partial charge in [-0.15, -0.1) is 0 Å². The van der Waals surface area contributed by atoms with Gasteiger partial charge in [-0.25, -0.2) is 17.5 Å². The summed E-state index contributed by atoms with van der Waals surface area (Å²) in [5, 5.41) is 0. The smallest absolute Gasteiger partial charge is 0.414 e. The van der Waals surface area contributed by atoms with E-state index in [0.717, 1.165) is 17.7 Å². The number of rotatable bonds is 5. The summed E-state index contributed by atoms with van der Waals surface area (Å²) < 4.78 is 34.0. The quantitative estimate of drug-likeness (QED) is 0.664. The Kier molecular flexibility index (Phi) is 5.77. The minimum absolute atomic E-state index is 0.0719. The van der Waals surface area contributed by atoms with Crippen molar-refractivity contribution in [3.8, 4) is 0 Å². The van der Waals surface area contributed by atoms with Crippen molar-refractivity contribution >= 4 is 21.8 Å². The summed E-state index contributed by atoms with van der Waals surface area (Å²) in [6.45, 7) is 7.22. The summed E-state index contributed by atoms with van der Waals surface area (Å²) in [6.07, 6.45) is 9.71. The number of benzene rings is 1. The molecule has 0 aromatic heterocycles. The lowest BCUT2D eigenvalue weighted by Gasteiger charge is -2.48. The molecule has 168 valence electrons. The number of nitrogens with zero attached hydrogens (tertiary/aromatic N) is 2. The monoisotopic (exact) mass is 444 g/mol. The zero-order valence-corrected chi connectivity index (χ0v) is 19.4. The van der Waals surface area contributed by atoms with Gasteiger partial charge in [0, 0.05) is 24.7 Å². The van der Waals surface area contributed by atoms with Crippen molar-refractivity contribution in [1.29, 1.82) is 0 Å². The Hall–Kier alpha value is -2.12. The number of carbonyl (C=O) groups excluding carboxylic acids is 1. The van der Waals surface area contributed by atoms with Gasteiger partial charge < -0.3 is 4.74 Å². The lowest BCUT2D eigenvalue weighted by atomic mass is 9.73. The van der Waals surface area contributed by atoms with E-state index in [4.69, 9.17) is 4.74 Å². The average molecular weight is 445 g/mol. The Morgan fingerprint density at radius 3 is 2.52 bits per heavy atom. The topological polar surface area (TPSA) is 66.9 Å². The zero-order valence-electron chi connectivity index (χ0n) is 18.6. The molecule has 0 radical (unpaired) electrons. The van der Waals surface area contributed by atoms with Crippen molar-refractivity contribution in [2.75, 3.05) is 18.0 Å². The molecular weight excluding hydrogens is 412 g/mol. The van der Waals surface area contributed by atoms with Gasteiger partial charge >= 0.3 is 6.09 Å². The molecule has 1 saturated heterocycles.